The zero-order chi connectivity index (χ0) is 14.4. The van der Waals surface area contributed by atoms with E-state index in [9.17, 15) is 4.39 Å². The summed E-state index contributed by atoms with van der Waals surface area (Å²) in [5.74, 6) is 0.0442. The molecule has 0 saturated heterocycles. The van der Waals surface area contributed by atoms with Crippen LogP contribution in [0, 0.1) is 5.82 Å². The highest BCUT2D eigenvalue weighted by molar-refractivity contribution is 7.07. The average molecular weight is 293 g/mol. The molecule has 0 aliphatic heterocycles. The van der Waals surface area contributed by atoms with Crippen molar-refractivity contribution in [3.8, 4) is 5.75 Å². The van der Waals surface area contributed by atoms with Crippen molar-refractivity contribution < 1.29 is 9.13 Å². The van der Waals surface area contributed by atoms with E-state index in [1.165, 1.54) is 11.6 Å². The Morgan fingerprint density at radius 3 is 2.90 bits per heavy atom. The Labute approximate surface area is 123 Å². The van der Waals surface area contributed by atoms with Crippen LogP contribution in [0.4, 0.5) is 4.39 Å². The number of hydrogen-bond acceptors (Lipinski definition) is 3. The average Bonchev–Trinajstić information content (AvgIpc) is 2.95. The Hall–Kier alpha value is -1.39. The van der Waals surface area contributed by atoms with Crippen molar-refractivity contribution in [3.05, 3.63) is 52.0 Å². The number of para-hydroxylation sites is 1. The zero-order valence-corrected chi connectivity index (χ0v) is 12.5. The van der Waals surface area contributed by atoms with Gasteiger partial charge in [0.25, 0.3) is 0 Å². The predicted molar refractivity (Wildman–Crippen MR) is 81.9 cm³/mol. The van der Waals surface area contributed by atoms with Crippen LogP contribution in [0.5, 0.6) is 5.75 Å². The fourth-order valence-corrected chi connectivity index (χ4v) is 2.71. The van der Waals surface area contributed by atoms with Gasteiger partial charge in [-0.1, -0.05) is 19.1 Å². The lowest BCUT2D eigenvalue weighted by Gasteiger charge is -2.15. The molecule has 2 N–H and O–H groups in total. The Kier molecular flexibility index (Phi) is 5.56. The Morgan fingerprint density at radius 2 is 2.20 bits per heavy atom. The maximum atomic E-state index is 13.9. The van der Waals surface area contributed by atoms with E-state index in [1.807, 2.05) is 18.4 Å². The normalized spacial score (nSPS) is 12.3. The van der Waals surface area contributed by atoms with Gasteiger partial charge in [-0.2, -0.15) is 11.3 Å². The van der Waals surface area contributed by atoms with Gasteiger partial charge in [-0.15, -0.1) is 0 Å². The van der Waals surface area contributed by atoms with Crippen LogP contribution in [-0.4, -0.2) is 12.6 Å². The van der Waals surface area contributed by atoms with Crippen LogP contribution in [0.15, 0.2) is 35.0 Å². The maximum absolute atomic E-state index is 13.9. The molecular formula is C16H20FNOS. The van der Waals surface area contributed by atoms with Crippen molar-refractivity contribution in [2.75, 3.05) is 6.61 Å². The summed E-state index contributed by atoms with van der Waals surface area (Å²) in [5.41, 5.74) is 8.03. The molecule has 1 atom stereocenters. The molecule has 2 aromatic rings. The van der Waals surface area contributed by atoms with Crippen molar-refractivity contribution in [2.24, 2.45) is 5.73 Å². The quantitative estimate of drug-likeness (QED) is 0.843. The lowest BCUT2D eigenvalue weighted by atomic mass is 10.0. The molecule has 0 spiro atoms. The molecule has 108 valence electrons. The van der Waals surface area contributed by atoms with Crippen molar-refractivity contribution in [1.29, 1.82) is 0 Å². The largest absolute Gasteiger partial charge is 0.490 e. The maximum Gasteiger partial charge on any atom is 0.165 e. The van der Waals surface area contributed by atoms with E-state index in [2.05, 4.69) is 11.4 Å². The van der Waals surface area contributed by atoms with E-state index in [-0.39, 0.29) is 11.9 Å². The molecule has 4 heteroatoms. The standard InChI is InChI=1S/C16H20FNOS/c1-2-14(18)10-13-4-3-5-15(17)16(13)19-8-6-12-7-9-20-11-12/h3-5,7,9,11,14H,2,6,8,10,18H2,1H3. The molecular weight excluding hydrogens is 273 g/mol. The van der Waals surface area contributed by atoms with Crippen molar-refractivity contribution in [1.82, 2.24) is 0 Å². The molecule has 1 unspecified atom stereocenters. The Balaban J connectivity index is 2.01. The summed E-state index contributed by atoms with van der Waals surface area (Å²) in [6.07, 6.45) is 2.30. The Bertz CT molecular complexity index is 527. The van der Waals surface area contributed by atoms with Gasteiger partial charge in [0.15, 0.2) is 11.6 Å². The lowest BCUT2D eigenvalue weighted by molar-refractivity contribution is 0.301. The molecule has 2 rings (SSSR count). The molecule has 1 aromatic heterocycles. The smallest absolute Gasteiger partial charge is 0.165 e. The monoisotopic (exact) mass is 293 g/mol. The predicted octanol–water partition coefficient (Wildman–Crippen LogP) is 3.79. The summed E-state index contributed by atoms with van der Waals surface area (Å²) in [6, 6.07) is 7.12. The minimum atomic E-state index is -0.309. The molecule has 0 amide bonds. The van der Waals surface area contributed by atoms with Crippen LogP contribution >= 0.6 is 11.3 Å². The number of ether oxygens (including phenoxy) is 1. The van der Waals surface area contributed by atoms with Gasteiger partial charge in [-0.05, 0) is 46.9 Å². The summed E-state index contributed by atoms with van der Waals surface area (Å²) in [7, 11) is 0. The number of rotatable bonds is 7. The van der Waals surface area contributed by atoms with E-state index in [4.69, 9.17) is 10.5 Å². The number of hydrogen-bond donors (Lipinski definition) is 1. The van der Waals surface area contributed by atoms with Gasteiger partial charge in [0.2, 0.25) is 0 Å². The first kappa shape index (κ1) is 15.0. The van der Waals surface area contributed by atoms with Crippen molar-refractivity contribution in [3.63, 3.8) is 0 Å². The van der Waals surface area contributed by atoms with Gasteiger partial charge >= 0.3 is 0 Å². The number of benzene rings is 1. The first-order valence-electron chi connectivity index (χ1n) is 6.87. The fourth-order valence-electron chi connectivity index (χ4n) is 2.01. The van der Waals surface area contributed by atoms with Gasteiger partial charge in [0.05, 0.1) is 6.61 Å². The van der Waals surface area contributed by atoms with Crippen LogP contribution < -0.4 is 10.5 Å². The topological polar surface area (TPSA) is 35.2 Å². The first-order valence-corrected chi connectivity index (χ1v) is 7.81. The minimum Gasteiger partial charge on any atom is -0.490 e. The third-order valence-corrected chi connectivity index (χ3v) is 4.00. The number of nitrogens with two attached hydrogens (primary N) is 1. The number of thiophene rings is 1. The third kappa shape index (κ3) is 4.05. The van der Waals surface area contributed by atoms with E-state index in [0.717, 1.165) is 18.4 Å². The second kappa shape index (κ2) is 7.41. The summed E-state index contributed by atoms with van der Waals surface area (Å²) in [4.78, 5) is 0. The van der Waals surface area contributed by atoms with Crippen molar-refractivity contribution >= 4 is 11.3 Å². The molecule has 20 heavy (non-hydrogen) atoms. The van der Waals surface area contributed by atoms with E-state index >= 15 is 0 Å². The molecule has 1 aromatic carbocycles. The van der Waals surface area contributed by atoms with Crippen LogP contribution in [-0.2, 0) is 12.8 Å². The van der Waals surface area contributed by atoms with Crippen molar-refractivity contribution in [2.45, 2.75) is 32.2 Å². The van der Waals surface area contributed by atoms with E-state index in [0.29, 0.717) is 18.8 Å². The van der Waals surface area contributed by atoms with Gasteiger partial charge in [-0.25, -0.2) is 4.39 Å². The van der Waals surface area contributed by atoms with Crippen LogP contribution in [0.25, 0.3) is 0 Å². The van der Waals surface area contributed by atoms with Gasteiger partial charge in [0.1, 0.15) is 0 Å². The van der Waals surface area contributed by atoms with Gasteiger partial charge < -0.3 is 10.5 Å². The fraction of sp³-hybridized carbons (Fsp3) is 0.375. The van der Waals surface area contributed by atoms with E-state index in [1.54, 1.807) is 17.4 Å². The SMILES string of the molecule is CCC(N)Cc1cccc(F)c1OCCc1ccsc1. The summed E-state index contributed by atoms with van der Waals surface area (Å²) >= 11 is 1.66. The molecule has 0 bridgehead atoms. The highest BCUT2D eigenvalue weighted by Gasteiger charge is 2.12. The zero-order valence-electron chi connectivity index (χ0n) is 11.6. The van der Waals surface area contributed by atoms with E-state index < -0.39 is 0 Å². The molecule has 0 radical (unpaired) electrons. The van der Waals surface area contributed by atoms with Gasteiger partial charge in [0, 0.05) is 12.5 Å². The van der Waals surface area contributed by atoms with Crippen LogP contribution in [0.1, 0.15) is 24.5 Å². The summed E-state index contributed by atoms with van der Waals surface area (Å²) in [5, 5.41) is 4.11. The Morgan fingerprint density at radius 1 is 1.35 bits per heavy atom. The highest BCUT2D eigenvalue weighted by Crippen LogP contribution is 2.24. The molecule has 0 saturated carbocycles. The number of halogens is 1. The summed E-state index contributed by atoms with van der Waals surface area (Å²) in [6.45, 7) is 2.51. The summed E-state index contributed by atoms with van der Waals surface area (Å²) < 4.78 is 19.6. The van der Waals surface area contributed by atoms with Crippen LogP contribution in [0.2, 0.25) is 0 Å². The molecule has 1 heterocycles. The van der Waals surface area contributed by atoms with Gasteiger partial charge in [-0.3, -0.25) is 0 Å². The minimum absolute atomic E-state index is 0.0380. The second-order valence-electron chi connectivity index (χ2n) is 4.83. The third-order valence-electron chi connectivity index (χ3n) is 3.27. The molecule has 0 aliphatic rings. The molecule has 2 nitrogen and oxygen atoms in total. The lowest BCUT2D eigenvalue weighted by Crippen LogP contribution is -2.22. The second-order valence-corrected chi connectivity index (χ2v) is 5.61. The molecule has 0 aliphatic carbocycles. The highest BCUT2D eigenvalue weighted by atomic mass is 32.1. The van der Waals surface area contributed by atoms with Crippen LogP contribution in [0.3, 0.4) is 0 Å². The first-order chi connectivity index (χ1) is 9.70. The molecule has 0 fully saturated rings.